The van der Waals surface area contributed by atoms with E-state index in [0.717, 1.165) is 12.0 Å². The van der Waals surface area contributed by atoms with Gasteiger partial charge in [0.2, 0.25) is 0 Å². The molecule has 0 spiro atoms. The normalized spacial score (nSPS) is 12.9. The van der Waals surface area contributed by atoms with Crippen molar-refractivity contribution in [2.45, 2.75) is 13.0 Å². The fraction of sp³-hybridized carbons (Fsp3) is 0.174. The maximum absolute atomic E-state index is 13.2. The Hall–Kier alpha value is -3.47. The van der Waals surface area contributed by atoms with E-state index in [1.165, 1.54) is 11.1 Å². The van der Waals surface area contributed by atoms with E-state index in [9.17, 15) is 4.79 Å². The highest BCUT2D eigenvalue weighted by Gasteiger charge is 2.23. The lowest BCUT2D eigenvalue weighted by atomic mass is 10.00. The number of benzene rings is 2. The largest absolute Gasteiger partial charge is 0.366 e. The molecule has 0 unspecified atom stereocenters. The van der Waals surface area contributed by atoms with Crippen LogP contribution >= 0.6 is 0 Å². The molecule has 1 aliphatic rings. The molecule has 0 bridgehead atoms. The third-order valence-electron chi connectivity index (χ3n) is 4.82. The molecule has 2 aromatic carbocycles. The zero-order valence-corrected chi connectivity index (χ0v) is 15.6. The quantitative estimate of drug-likeness (QED) is 0.691. The third-order valence-corrected chi connectivity index (χ3v) is 4.82. The number of anilines is 1. The van der Waals surface area contributed by atoms with Crippen molar-refractivity contribution in [2.75, 3.05) is 18.4 Å². The average molecular weight is 370 g/mol. The van der Waals surface area contributed by atoms with E-state index in [2.05, 4.69) is 34.0 Å². The van der Waals surface area contributed by atoms with Gasteiger partial charge in [0.15, 0.2) is 5.82 Å². The van der Waals surface area contributed by atoms with E-state index in [1.54, 1.807) is 12.1 Å². The Morgan fingerprint density at radius 1 is 1.07 bits per heavy atom. The van der Waals surface area contributed by atoms with E-state index >= 15 is 0 Å². The number of carbonyl (C=O) groups excluding carboxylic acids is 1. The molecule has 0 radical (unpaired) electrons. The lowest BCUT2D eigenvalue weighted by Gasteiger charge is -2.28. The second kappa shape index (κ2) is 8.05. The second-order valence-electron chi connectivity index (χ2n) is 6.74. The van der Waals surface area contributed by atoms with Crippen LogP contribution in [0.2, 0.25) is 0 Å². The van der Waals surface area contributed by atoms with Crippen LogP contribution in [0.1, 0.15) is 21.6 Å². The standard InChI is InChI=1S/C23H22N4O/c1-2-13-24-21-15-20(25-22(26-21)18-9-4-3-5-10-18)23(28)27-14-12-17-8-6-7-11-19(17)16-27/h2-11,15H,1,12-14,16H2,(H,24,25,26). The summed E-state index contributed by atoms with van der Waals surface area (Å²) >= 11 is 0. The van der Waals surface area contributed by atoms with Crippen molar-refractivity contribution < 1.29 is 4.79 Å². The van der Waals surface area contributed by atoms with Crippen LogP contribution in [-0.2, 0) is 13.0 Å². The third kappa shape index (κ3) is 3.78. The summed E-state index contributed by atoms with van der Waals surface area (Å²) in [7, 11) is 0. The van der Waals surface area contributed by atoms with Gasteiger partial charge in [-0.3, -0.25) is 4.79 Å². The molecule has 28 heavy (non-hydrogen) atoms. The first-order valence-corrected chi connectivity index (χ1v) is 9.40. The van der Waals surface area contributed by atoms with Gasteiger partial charge in [-0.1, -0.05) is 60.7 Å². The van der Waals surface area contributed by atoms with Gasteiger partial charge < -0.3 is 10.2 Å². The Kier molecular flexibility index (Phi) is 5.15. The number of hydrogen-bond acceptors (Lipinski definition) is 4. The topological polar surface area (TPSA) is 58.1 Å². The molecular formula is C23H22N4O. The van der Waals surface area contributed by atoms with Crippen molar-refractivity contribution in [3.8, 4) is 11.4 Å². The average Bonchev–Trinajstić information content (AvgIpc) is 2.77. The van der Waals surface area contributed by atoms with E-state index in [0.29, 0.717) is 37.0 Å². The van der Waals surface area contributed by atoms with Crippen LogP contribution in [0.15, 0.2) is 73.3 Å². The van der Waals surface area contributed by atoms with E-state index < -0.39 is 0 Å². The molecule has 0 saturated heterocycles. The maximum atomic E-state index is 13.2. The summed E-state index contributed by atoms with van der Waals surface area (Å²) in [6.45, 7) is 5.59. The predicted molar refractivity (Wildman–Crippen MR) is 111 cm³/mol. The van der Waals surface area contributed by atoms with Gasteiger partial charge >= 0.3 is 0 Å². The maximum Gasteiger partial charge on any atom is 0.272 e. The fourth-order valence-corrected chi connectivity index (χ4v) is 3.37. The number of fused-ring (bicyclic) bond motifs is 1. The number of hydrogen-bond donors (Lipinski definition) is 1. The van der Waals surface area contributed by atoms with Gasteiger partial charge in [-0.15, -0.1) is 6.58 Å². The van der Waals surface area contributed by atoms with Crippen LogP contribution in [0.3, 0.4) is 0 Å². The smallest absolute Gasteiger partial charge is 0.272 e. The number of nitrogens with zero attached hydrogens (tertiary/aromatic N) is 3. The van der Waals surface area contributed by atoms with Gasteiger partial charge in [-0.05, 0) is 17.5 Å². The molecule has 1 aromatic heterocycles. The summed E-state index contributed by atoms with van der Waals surface area (Å²) in [6.07, 6.45) is 2.62. The summed E-state index contributed by atoms with van der Waals surface area (Å²) in [5.74, 6) is 1.08. The van der Waals surface area contributed by atoms with E-state index in [4.69, 9.17) is 0 Å². The zero-order chi connectivity index (χ0) is 19.3. The fourth-order valence-electron chi connectivity index (χ4n) is 3.37. The van der Waals surface area contributed by atoms with Crippen LogP contribution in [0, 0.1) is 0 Å². The van der Waals surface area contributed by atoms with Crippen molar-refractivity contribution in [3.05, 3.63) is 90.1 Å². The van der Waals surface area contributed by atoms with Gasteiger partial charge in [0.1, 0.15) is 11.5 Å². The van der Waals surface area contributed by atoms with Gasteiger partial charge in [-0.25, -0.2) is 9.97 Å². The molecule has 1 amide bonds. The van der Waals surface area contributed by atoms with Crippen LogP contribution < -0.4 is 5.32 Å². The van der Waals surface area contributed by atoms with Crippen molar-refractivity contribution in [3.63, 3.8) is 0 Å². The monoisotopic (exact) mass is 370 g/mol. The molecule has 5 heteroatoms. The number of rotatable bonds is 5. The molecule has 0 aliphatic carbocycles. The van der Waals surface area contributed by atoms with Crippen LogP contribution in [0.5, 0.6) is 0 Å². The van der Waals surface area contributed by atoms with Crippen LogP contribution in [0.25, 0.3) is 11.4 Å². The Morgan fingerprint density at radius 3 is 2.61 bits per heavy atom. The van der Waals surface area contributed by atoms with Gasteiger partial charge in [0, 0.05) is 31.3 Å². The van der Waals surface area contributed by atoms with E-state index in [1.807, 2.05) is 47.4 Å². The minimum Gasteiger partial charge on any atom is -0.366 e. The second-order valence-corrected chi connectivity index (χ2v) is 6.74. The Morgan fingerprint density at radius 2 is 1.82 bits per heavy atom. The number of aromatic nitrogens is 2. The summed E-state index contributed by atoms with van der Waals surface area (Å²) < 4.78 is 0. The van der Waals surface area contributed by atoms with Gasteiger partial charge in [-0.2, -0.15) is 0 Å². The molecule has 140 valence electrons. The summed E-state index contributed by atoms with van der Waals surface area (Å²) in [5.41, 5.74) is 3.79. The van der Waals surface area contributed by atoms with Crippen molar-refractivity contribution in [2.24, 2.45) is 0 Å². The lowest BCUT2D eigenvalue weighted by Crippen LogP contribution is -2.36. The van der Waals surface area contributed by atoms with Crippen molar-refractivity contribution in [1.82, 2.24) is 14.9 Å². The molecular weight excluding hydrogens is 348 g/mol. The molecule has 4 rings (SSSR count). The number of amides is 1. The molecule has 2 heterocycles. The van der Waals surface area contributed by atoms with E-state index in [-0.39, 0.29) is 5.91 Å². The van der Waals surface area contributed by atoms with Crippen LogP contribution in [-0.4, -0.2) is 33.9 Å². The Bertz CT molecular complexity index is 1000. The Labute approximate surface area is 164 Å². The molecule has 0 fully saturated rings. The Balaban J connectivity index is 1.66. The highest BCUT2D eigenvalue weighted by Crippen LogP contribution is 2.22. The minimum atomic E-state index is -0.0734. The molecule has 1 aliphatic heterocycles. The molecule has 0 atom stereocenters. The first-order chi connectivity index (χ1) is 13.7. The minimum absolute atomic E-state index is 0.0734. The summed E-state index contributed by atoms with van der Waals surface area (Å²) in [5, 5.41) is 3.18. The molecule has 5 nitrogen and oxygen atoms in total. The van der Waals surface area contributed by atoms with Gasteiger partial charge in [0.25, 0.3) is 5.91 Å². The molecule has 0 saturated carbocycles. The first kappa shape index (κ1) is 17.9. The molecule has 3 aromatic rings. The highest BCUT2D eigenvalue weighted by atomic mass is 16.2. The van der Waals surface area contributed by atoms with Gasteiger partial charge in [0.05, 0.1) is 0 Å². The molecule has 1 N–H and O–H groups in total. The highest BCUT2D eigenvalue weighted by molar-refractivity contribution is 5.93. The lowest BCUT2D eigenvalue weighted by molar-refractivity contribution is 0.0728. The zero-order valence-electron chi connectivity index (χ0n) is 15.6. The SMILES string of the molecule is C=CCNc1cc(C(=O)N2CCc3ccccc3C2)nc(-c2ccccc2)n1. The predicted octanol–water partition coefficient (Wildman–Crippen LogP) is 3.94. The van der Waals surface area contributed by atoms with Crippen LogP contribution in [0.4, 0.5) is 5.82 Å². The van der Waals surface area contributed by atoms with Crippen molar-refractivity contribution in [1.29, 1.82) is 0 Å². The summed E-state index contributed by atoms with van der Waals surface area (Å²) in [6, 6.07) is 19.7. The summed E-state index contributed by atoms with van der Waals surface area (Å²) in [4.78, 5) is 24.2. The van der Waals surface area contributed by atoms with Crippen molar-refractivity contribution >= 4 is 11.7 Å². The number of carbonyl (C=O) groups is 1. The number of nitrogens with one attached hydrogen (secondary N) is 1. The first-order valence-electron chi connectivity index (χ1n) is 9.40.